The molecule has 6 heteroatoms. The number of amides is 1. The molecule has 0 aromatic heterocycles. The highest BCUT2D eigenvalue weighted by molar-refractivity contribution is 5.77. The van der Waals surface area contributed by atoms with Crippen molar-refractivity contribution in [3.05, 3.63) is 0 Å². The van der Waals surface area contributed by atoms with E-state index in [9.17, 15) is 19.8 Å². The van der Waals surface area contributed by atoms with E-state index in [0.29, 0.717) is 19.3 Å². The number of unbranched alkanes of at least 4 members (excludes halogenated alkanes) is 31. The molecule has 0 aromatic rings. The van der Waals surface area contributed by atoms with E-state index >= 15 is 0 Å². The molecule has 0 aliphatic heterocycles. The number of esters is 1. The molecule has 6 nitrogen and oxygen atoms in total. The van der Waals surface area contributed by atoms with Crippen molar-refractivity contribution in [2.75, 3.05) is 6.61 Å². The van der Waals surface area contributed by atoms with Gasteiger partial charge in [0.2, 0.25) is 5.91 Å². The molecule has 0 aliphatic carbocycles. The van der Waals surface area contributed by atoms with E-state index in [0.717, 1.165) is 38.5 Å². The molecule has 0 fully saturated rings. The first-order valence-electron chi connectivity index (χ1n) is 23.8. The standard InChI is InChI=1S/C47H93NO5/c1-4-7-10-13-16-19-21-22-23-25-28-31-34-37-40-47(52)53-43(38-35-32-29-27-24-20-17-14-11-8-5-2)41-46(51)48-44(42-49)45(50)39-36-33-30-26-18-15-12-9-6-3/h43-45,49-50H,4-42H2,1-3H3,(H,48,51). The van der Waals surface area contributed by atoms with Gasteiger partial charge in [0.25, 0.3) is 0 Å². The third-order valence-corrected chi connectivity index (χ3v) is 11.2. The van der Waals surface area contributed by atoms with Gasteiger partial charge < -0.3 is 20.3 Å². The zero-order valence-corrected chi connectivity index (χ0v) is 35.9. The Morgan fingerprint density at radius 3 is 1.15 bits per heavy atom. The van der Waals surface area contributed by atoms with Crippen molar-refractivity contribution in [2.45, 2.75) is 283 Å². The lowest BCUT2D eigenvalue weighted by molar-refractivity contribution is -0.151. The number of carbonyl (C=O) groups is 2. The fourth-order valence-electron chi connectivity index (χ4n) is 7.55. The molecule has 53 heavy (non-hydrogen) atoms. The van der Waals surface area contributed by atoms with Gasteiger partial charge in [-0.25, -0.2) is 0 Å². The summed E-state index contributed by atoms with van der Waals surface area (Å²) in [6, 6.07) is -0.689. The molecule has 0 rings (SSSR count). The van der Waals surface area contributed by atoms with Crippen LogP contribution >= 0.6 is 0 Å². The van der Waals surface area contributed by atoms with Crippen molar-refractivity contribution in [3.8, 4) is 0 Å². The molecule has 0 aromatic carbocycles. The Bertz CT molecular complexity index is 761. The zero-order chi connectivity index (χ0) is 38.9. The smallest absolute Gasteiger partial charge is 0.306 e. The lowest BCUT2D eigenvalue weighted by atomic mass is 10.0. The monoisotopic (exact) mass is 752 g/mol. The highest BCUT2D eigenvalue weighted by atomic mass is 16.5. The van der Waals surface area contributed by atoms with E-state index in [4.69, 9.17) is 4.74 Å². The van der Waals surface area contributed by atoms with Crippen LogP contribution in [0.1, 0.15) is 265 Å². The van der Waals surface area contributed by atoms with Gasteiger partial charge in [-0.1, -0.05) is 226 Å². The number of ether oxygens (including phenoxy) is 1. The SMILES string of the molecule is CCCCCCCCCCCCCCCCC(=O)OC(CCCCCCCCCCCCC)CC(=O)NC(CO)C(O)CCCCCCCCCCC. The van der Waals surface area contributed by atoms with Gasteiger partial charge in [-0.3, -0.25) is 9.59 Å². The number of carbonyl (C=O) groups excluding carboxylic acids is 2. The van der Waals surface area contributed by atoms with Crippen molar-refractivity contribution in [2.24, 2.45) is 0 Å². The van der Waals surface area contributed by atoms with Crippen LogP contribution in [0.2, 0.25) is 0 Å². The second-order valence-electron chi connectivity index (χ2n) is 16.5. The highest BCUT2D eigenvalue weighted by Gasteiger charge is 2.24. The van der Waals surface area contributed by atoms with Gasteiger partial charge >= 0.3 is 5.97 Å². The summed E-state index contributed by atoms with van der Waals surface area (Å²) in [4.78, 5) is 26.0. The molecule has 0 saturated heterocycles. The van der Waals surface area contributed by atoms with Crippen LogP contribution in [0.25, 0.3) is 0 Å². The molecule has 3 N–H and O–H groups in total. The Balaban J connectivity index is 4.51. The van der Waals surface area contributed by atoms with Gasteiger partial charge in [0.05, 0.1) is 25.2 Å². The normalized spacial score (nSPS) is 13.2. The second-order valence-corrected chi connectivity index (χ2v) is 16.5. The van der Waals surface area contributed by atoms with E-state index in [-0.39, 0.29) is 24.9 Å². The van der Waals surface area contributed by atoms with E-state index in [1.54, 1.807) is 0 Å². The van der Waals surface area contributed by atoms with E-state index < -0.39 is 18.2 Å². The maximum absolute atomic E-state index is 13.1. The van der Waals surface area contributed by atoms with Crippen LogP contribution < -0.4 is 5.32 Å². The van der Waals surface area contributed by atoms with Crippen molar-refractivity contribution < 1.29 is 24.5 Å². The molecule has 0 radical (unpaired) electrons. The molecule has 0 heterocycles. The summed E-state index contributed by atoms with van der Waals surface area (Å²) < 4.78 is 5.91. The number of aliphatic hydroxyl groups excluding tert-OH is 2. The lowest BCUT2D eigenvalue weighted by Gasteiger charge is -2.24. The number of nitrogens with one attached hydrogen (secondary N) is 1. The fourth-order valence-corrected chi connectivity index (χ4v) is 7.55. The summed E-state index contributed by atoms with van der Waals surface area (Å²) in [6.45, 7) is 6.47. The molecule has 316 valence electrons. The molecule has 0 spiro atoms. The Hall–Kier alpha value is -1.14. The van der Waals surface area contributed by atoms with E-state index in [2.05, 4.69) is 26.1 Å². The predicted octanol–water partition coefficient (Wildman–Crippen LogP) is 13.6. The molecule has 3 unspecified atom stereocenters. The summed E-state index contributed by atoms with van der Waals surface area (Å²) in [5.41, 5.74) is 0. The first-order chi connectivity index (χ1) is 26.0. The van der Waals surface area contributed by atoms with Crippen LogP contribution in [0.4, 0.5) is 0 Å². The van der Waals surface area contributed by atoms with Crippen LogP contribution in [0, 0.1) is 0 Å². The fraction of sp³-hybridized carbons (Fsp3) is 0.957. The summed E-state index contributed by atoms with van der Waals surface area (Å²) in [5, 5.41) is 23.6. The highest BCUT2D eigenvalue weighted by Crippen LogP contribution is 2.18. The van der Waals surface area contributed by atoms with Gasteiger partial charge in [-0.05, 0) is 25.7 Å². The average Bonchev–Trinajstić information content (AvgIpc) is 3.15. The molecular weight excluding hydrogens is 659 g/mol. The second kappa shape index (κ2) is 42.0. The van der Waals surface area contributed by atoms with Crippen molar-refractivity contribution in [3.63, 3.8) is 0 Å². The maximum atomic E-state index is 13.1. The van der Waals surface area contributed by atoms with Crippen molar-refractivity contribution in [1.29, 1.82) is 0 Å². The molecule has 0 saturated carbocycles. The van der Waals surface area contributed by atoms with E-state index in [1.807, 2.05) is 0 Å². The summed E-state index contributed by atoms with van der Waals surface area (Å²) in [6.07, 6.45) is 43.0. The quantitative estimate of drug-likeness (QED) is 0.0426. The first-order valence-corrected chi connectivity index (χ1v) is 23.8. The third kappa shape index (κ3) is 37.6. The Morgan fingerprint density at radius 2 is 0.792 bits per heavy atom. The number of hydrogen-bond acceptors (Lipinski definition) is 5. The largest absolute Gasteiger partial charge is 0.462 e. The number of rotatable bonds is 43. The summed E-state index contributed by atoms with van der Waals surface area (Å²) in [5.74, 6) is -0.457. The zero-order valence-electron chi connectivity index (χ0n) is 35.9. The minimum atomic E-state index is -0.776. The van der Waals surface area contributed by atoms with Gasteiger partial charge in [-0.2, -0.15) is 0 Å². The molecule has 0 bridgehead atoms. The van der Waals surface area contributed by atoms with Gasteiger partial charge in [0.15, 0.2) is 0 Å². The van der Waals surface area contributed by atoms with Crippen LogP contribution in [0.15, 0.2) is 0 Å². The van der Waals surface area contributed by atoms with Crippen LogP contribution in [0.3, 0.4) is 0 Å². The third-order valence-electron chi connectivity index (χ3n) is 11.2. The number of hydrogen-bond donors (Lipinski definition) is 3. The molecule has 1 amide bonds. The van der Waals surface area contributed by atoms with Crippen LogP contribution in [0.5, 0.6) is 0 Å². The maximum Gasteiger partial charge on any atom is 0.306 e. The van der Waals surface area contributed by atoms with Gasteiger partial charge in [-0.15, -0.1) is 0 Å². The predicted molar refractivity (Wildman–Crippen MR) is 227 cm³/mol. The number of aliphatic hydroxyl groups is 2. The summed E-state index contributed by atoms with van der Waals surface area (Å²) >= 11 is 0. The van der Waals surface area contributed by atoms with Crippen molar-refractivity contribution in [1.82, 2.24) is 5.32 Å². The van der Waals surface area contributed by atoms with Crippen LogP contribution in [-0.2, 0) is 14.3 Å². The average molecular weight is 752 g/mol. The lowest BCUT2D eigenvalue weighted by Crippen LogP contribution is -2.46. The Kier molecular flexibility index (Phi) is 41.1. The molecule has 0 aliphatic rings. The first kappa shape index (κ1) is 51.9. The van der Waals surface area contributed by atoms with Crippen LogP contribution in [-0.4, -0.2) is 46.9 Å². The topological polar surface area (TPSA) is 95.9 Å². The minimum absolute atomic E-state index is 0.0868. The van der Waals surface area contributed by atoms with Gasteiger partial charge in [0, 0.05) is 6.42 Å². The Labute approximate surface area is 330 Å². The Morgan fingerprint density at radius 1 is 0.472 bits per heavy atom. The molecule has 3 atom stereocenters. The van der Waals surface area contributed by atoms with E-state index in [1.165, 1.54) is 180 Å². The summed E-state index contributed by atoms with van der Waals surface area (Å²) in [7, 11) is 0. The van der Waals surface area contributed by atoms with Crippen molar-refractivity contribution >= 4 is 11.9 Å². The van der Waals surface area contributed by atoms with Gasteiger partial charge in [0.1, 0.15) is 6.10 Å². The molecular formula is C47H93NO5. The minimum Gasteiger partial charge on any atom is -0.462 e.